The second-order valence-corrected chi connectivity index (χ2v) is 9.54. The van der Waals surface area contributed by atoms with Gasteiger partial charge in [-0.15, -0.1) is 0 Å². The minimum atomic E-state index is -0.461. The molecule has 1 saturated heterocycles. The highest BCUT2D eigenvalue weighted by Gasteiger charge is 2.31. The molecule has 9 heteroatoms. The third-order valence-corrected chi connectivity index (χ3v) is 7.03. The molecule has 1 fully saturated rings. The van der Waals surface area contributed by atoms with Gasteiger partial charge in [0.15, 0.2) is 11.5 Å². The standard InChI is InChI=1S/C30H41N3O6/c1-5-31(6-2)30(36)22-39-25-19-32(17-16-23-10-8-7-9-11-23)29(35)21-33(20-25)28(34)15-13-24-12-14-26(37-3)27(18-24)38-4/h7-12,14,18,25H,5-6,13,15-17,19-22H2,1-4H3/t25-/m0/s1. The number of methoxy groups -OCH3 is 2. The number of likely N-dealkylation sites (N-methyl/N-ethyl adjacent to an activating group) is 1. The highest BCUT2D eigenvalue weighted by molar-refractivity contribution is 5.85. The van der Waals surface area contributed by atoms with Gasteiger partial charge in [0.25, 0.3) is 0 Å². The summed E-state index contributed by atoms with van der Waals surface area (Å²) in [6.07, 6.45) is 0.966. The fourth-order valence-corrected chi connectivity index (χ4v) is 4.70. The van der Waals surface area contributed by atoms with Gasteiger partial charge in [-0.05, 0) is 49.9 Å². The third-order valence-electron chi connectivity index (χ3n) is 7.03. The molecule has 212 valence electrons. The molecule has 0 spiro atoms. The molecule has 1 aliphatic heterocycles. The number of carbonyl (C=O) groups is 3. The van der Waals surface area contributed by atoms with Gasteiger partial charge < -0.3 is 28.9 Å². The summed E-state index contributed by atoms with van der Waals surface area (Å²) in [7, 11) is 3.15. The molecule has 0 saturated carbocycles. The second-order valence-electron chi connectivity index (χ2n) is 9.54. The van der Waals surface area contributed by atoms with Gasteiger partial charge in [-0.1, -0.05) is 36.4 Å². The van der Waals surface area contributed by atoms with Gasteiger partial charge >= 0.3 is 0 Å². The summed E-state index contributed by atoms with van der Waals surface area (Å²) in [5, 5.41) is 0. The Bertz CT molecular complexity index is 1090. The van der Waals surface area contributed by atoms with Crippen LogP contribution in [0.15, 0.2) is 48.5 Å². The van der Waals surface area contributed by atoms with Crippen molar-refractivity contribution in [1.82, 2.24) is 14.7 Å². The molecule has 2 aromatic rings. The maximum absolute atomic E-state index is 13.3. The normalized spacial score (nSPS) is 15.6. The monoisotopic (exact) mass is 539 g/mol. The number of rotatable bonds is 13. The molecule has 2 aromatic carbocycles. The largest absolute Gasteiger partial charge is 0.493 e. The van der Waals surface area contributed by atoms with Crippen molar-refractivity contribution in [1.29, 1.82) is 0 Å². The smallest absolute Gasteiger partial charge is 0.248 e. The van der Waals surface area contributed by atoms with Crippen LogP contribution in [0.4, 0.5) is 0 Å². The van der Waals surface area contributed by atoms with Crippen LogP contribution in [-0.4, -0.2) is 98.6 Å². The number of benzene rings is 2. The van der Waals surface area contributed by atoms with Crippen LogP contribution >= 0.6 is 0 Å². The van der Waals surface area contributed by atoms with E-state index in [-0.39, 0.29) is 43.8 Å². The molecule has 1 atom stereocenters. The zero-order chi connectivity index (χ0) is 28.2. The Kier molecular flexibility index (Phi) is 11.6. The zero-order valence-electron chi connectivity index (χ0n) is 23.6. The van der Waals surface area contributed by atoms with E-state index in [1.165, 1.54) is 0 Å². The Hall–Kier alpha value is -3.59. The Labute approximate surface area is 231 Å². The van der Waals surface area contributed by atoms with E-state index >= 15 is 0 Å². The summed E-state index contributed by atoms with van der Waals surface area (Å²) in [6, 6.07) is 15.5. The molecule has 3 rings (SSSR count). The molecule has 0 aliphatic carbocycles. The van der Waals surface area contributed by atoms with Crippen LogP contribution < -0.4 is 9.47 Å². The van der Waals surface area contributed by atoms with Crippen LogP contribution in [0.25, 0.3) is 0 Å². The van der Waals surface area contributed by atoms with Crippen LogP contribution in [0.2, 0.25) is 0 Å². The van der Waals surface area contributed by atoms with Crippen LogP contribution in [-0.2, 0) is 32.0 Å². The van der Waals surface area contributed by atoms with Crippen LogP contribution in [0.5, 0.6) is 11.5 Å². The van der Waals surface area contributed by atoms with Gasteiger partial charge in [-0.2, -0.15) is 0 Å². The Morgan fingerprint density at radius 1 is 0.923 bits per heavy atom. The molecule has 9 nitrogen and oxygen atoms in total. The van der Waals surface area contributed by atoms with Gasteiger partial charge in [0.2, 0.25) is 17.7 Å². The van der Waals surface area contributed by atoms with E-state index in [0.29, 0.717) is 50.5 Å². The summed E-state index contributed by atoms with van der Waals surface area (Å²) >= 11 is 0. The van der Waals surface area contributed by atoms with Gasteiger partial charge in [0.1, 0.15) is 6.61 Å². The lowest BCUT2D eigenvalue weighted by Crippen LogP contribution is -2.41. The van der Waals surface area contributed by atoms with Crippen molar-refractivity contribution in [3.05, 3.63) is 59.7 Å². The minimum Gasteiger partial charge on any atom is -0.493 e. The molecule has 39 heavy (non-hydrogen) atoms. The van der Waals surface area contributed by atoms with E-state index in [9.17, 15) is 14.4 Å². The minimum absolute atomic E-state index is 0.0105. The molecule has 0 N–H and O–H groups in total. The van der Waals surface area contributed by atoms with Gasteiger partial charge in [0, 0.05) is 39.1 Å². The van der Waals surface area contributed by atoms with Crippen LogP contribution in [0, 0.1) is 0 Å². The maximum Gasteiger partial charge on any atom is 0.248 e. The SMILES string of the molecule is CCN(CC)C(=O)CO[C@H]1CN(CCc2ccccc2)C(=O)CN(C(=O)CCc2ccc(OC)c(OC)c2)C1. The van der Waals surface area contributed by atoms with E-state index in [1.54, 1.807) is 28.9 Å². The van der Waals surface area contributed by atoms with E-state index in [2.05, 4.69) is 0 Å². The number of aryl methyl sites for hydroxylation is 1. The van der Waals surface area contributed by atoms with E-state index in [4.69, 9.17) is 14.2 Å². The first kappa shape index (κ1) is 30.0. The maximum atomic E-state index is 13.3. The Morgan fingerprint density at radius 2 is 1.64 bits per heavy atom. The highest BCUT2D eigenvalue weighted by atomic mass is 16.5. The van der Waals surface area contributed by atoms with Gasteiger partial charge in [0.05, 0.1) is 26.9 Å². The summed E-state index contributed by atoms with van der Waals surface area (Å²) in [5.74, 6) is 0.879. The van der Waals surface area contributed by atoms with Crippen LogP contribution in [0.1, 0.15) is 31.4 Å². The number of carbonyl (C=O) groups excluding carboxylic acids is 3. The van der Waals surface area contributed by atoms with Crippen LogP contribution in [0.3, 0.4) is 0 Å². The van der Waals surface area contributed by atoms with Gasteiger partial charge in [-0.3, -0.25) is 14.4 Å². The summed E-state index contributed by atoms with van der Waals surface area (Å²) < 4.78 is 16.7. The lowest BCUT2D eigenvalue weighted by molar-refractivity contribution is -0.139. The average molecular weight is 540 g/mol. The average Bonchev–Trinajstić information content (AvgIpc) is 3.12. The van der Waals surface area contributed by atoms with Crippen molar-refractivity contribution < 1.29 is 28.6 Å². The van der Waals surface area contributed by atoms with E-state index < -0.39 is 6.10 Å². The third kappa shape index (κ3) is 8.71. The molecule has 0 unspecified atom stereocenters. The molecular weight excluding hydrogens is 498 g/mol. The van der Waals surface area contributed by atoms with Crippen molar-refractivity contribution in [2.45, 2.75) is 39.2 Å². The van der Waals surface area contributed by atoms with E-state index in [1.807, 2.05) is 62.4 Å². The zero-order valence-corrected chi connectivity index (χ0v) is 23.6. The number of ether oxygens (including phenoxy) is 3. The molecule has 0 radical (unpaired) electrons. The lowest BCUT2D eigenvalue weighted by atomic mass is 10.1. The number of nitrogens with zero attached hydrogens (tertiary/aromatic N) is 3. The molecule has 0 aromatic heterocycles. The number of hydrogen-bond donors (Lipinski definition) is 0. The summed E-state index contributed by atoms with van der Waals surface area (Å²) in [6.45, 7) is 6.06. The topological polar surface area (TPSA) is 88.6 Å². The van der Waals surface area contributed by atoms with Crippen molar-refractivity contribution >= 4 is 17.7 Å². The number of amides is 3. The first-order valence-electron chi connectivity index (χ1n) is 13.6. The van der Waals surface area contributed by atoms with E-state index in [0.717, 1.165) is 11.1 Å². The molecule has 0 bridgehead atoms. The quantitative estimate of drug-likeness (QED) is 0.389. The molecule has 3 amide bonds. The fraction of sp³-hybridized carbons (Fsp3) is 0.500. The van der Waals surface area contributed by atoms with Gasteiger partial charge in [-0.25, -0.2) is 0 Å². The first-order valence-corrected chi connectivity index (χ1v) is 13.6. The van der Waals surface area contributed by atoms with Crippen molar-refractivity contribution in [3.63, 3.8) is 0 Å². The Morgan fingerprint density at radius 3 is 2.31 bits per heavy atom. The van der Waals surface area contributed by atoms with Crippen molar-refractivity contribution in [2.24, 2.45) is 0 Å². The fourth-order valence-electron chi connectivity index (χ4n) is 4.70. The van der Waals surface area contributed by atoms with Crippen molar-refractivity contribution in [3.8, 4) is 11.5 Å². The summed E-state index contributed by atoms with van der Waals surface area (Å²) in [5.41, 5.74) is 2.07. The highest BCUT2D eigenvalue weighted by Crippen LogP contribution is 2.28. The molecular formula is C30H41N3O6. The van der Waals surface area contributed by atoms with Crippen molar-refractivity contribution in [2.75, 3.05) is 60.1 Å². The first-order chi connectivity index (χ1) is 18.9. The molecule has 1 heterocycles. The predicted molar refractivity (Wildman–Crippen MR) is 149 cm³/mol. The Balaban J connectivity index is 1.68. The molecule has 1 aliphatic rings. The lowest BCUT2D eigenvalue weighted by Gasteiger charge is -2.26. The predicted octanol–water partition coefficient (Wildman–Crippen LogP) is 2.80. The summed E-state index contributed by atoms with van der Waals surface area (Å²) in [4.78, 5) is 44.1. The number of hydrogen-bond acceptors (Lipinski definition) is 6. The second kappa shape index (κ2) is 15.1.